The van der Waals surface area contributed by atoms with Gasteiger partial charge in [0.25, 0.3) is 0 Å². The summed E-state index contributed by atoms with van der Waals surface area (Å²) in [7, 11) is 1.61. The van der Waals surface area contributed by atoms with Gasteiger partial charge in [-0.1, -0.05) is 15.9 Å². The summed E-state index contributed by atoms with van der Waals surface area (Å²) in [5.41, 5.74) is 0.958. The van der Waals surface area contributed by atoms with Crippen LogP contribution in [0.25, 0.3) is 6.08 Å². The van der Waals surface area contributed by atoms with E-state index in [2.05, 4.69) is 21.2 Å². The maximum absolute atomic E-state index is 13.6. The number of carbonyl (C=O) groups is 1. The Bertz CT molecular complexity index is 717. The van der Waals surface area contributed by atoms with Gasteiger partial charge in [-0.05, 0) is 48.5 Å². The second-order valence-corrected chi connectivity index (χ2v) is 5.77. The molecule has 2 aromatic carbocycles. The fourth-order valence-electron chi connectivity index (χ4n) is 1.87. The van der Waals surface area contributed by atoms with Crippen LogP contribution >= 0.6 is 15.9 Å². The highest BCUT2D eigenvalue weighted by atomic mass is 79.9. The summed E-state index contributed by atoms with van der Waals surface area (Å²) >= 11 is 3.27. The minimum atomic E-state index is -0.389. The highest BCUT2D eigenvalue weighted by Gasteiger charge is 2.02. The van der Waals surface area contributed by atoms with Gasteiger partial charge in [0.05, 0.1) is 6.61 Å². The first-order valence-corrected chi connectivity index (χ1v) is 8.03. The molecule has 0 heterocycles. The number of hydrogen-bond donors (Lipinski definition) is 1. The van der Waals surface area contributed by atoms with E-state index in [0.717, 1.165) is 4.47 Å². The smallest absolute Gasteiger partial charge is 0.248 e. The van der Waals surface area contributed by atoms with E-state index >= 15 is 0 Å². The lowest BCUT2D eigenvalue weighted by atomic mass is 10.2. The molecule has 0 radical (unpaired) electrons. The topological polar surface area (TPSA) is 47.6 Å². The van der Waals surface area contributed by atoms with Crippen molar-refractivity contribution >= 4 is 33.6 Å². The maximum Gasteiger partial charge on any atom is 0.248 e. The Morgan fingerprint density at radius 1 is 1.21 bits per heavy atom. The average molecular weight is 394 g/mol. The number of ether oxygens (including phenoxy) is 2. The van der Waals surface area contributed by atoms with Crippen molar-refractivity contribution in [3.63, 3.8) is 0 Å². The Kier molecular flexibility index (Phi) is 6.96. The van der Waals surface area contributed by atoms with E-state index in [-0.39, 0.29) is 11.7 Å². The van der Waals surface area contributed by atoms with Crippen molar-refractivity contribution in [2.45, 2.75) is 0 Å². The zero-order valence-corrected chi connectivity index (χ0v) is 14.7. The third-order valence-corrected chi connectivity index (χ3v) is 3.54. The standard InChI is InChI=1S/C18H17BrFNO3/c1-23-10-11-24-16-6-4-15(5-7-16)21-18(22)9-2-13-12-14(19)3-8-17(13)20/h2-9,12H,10-11H2,1H3,(H,21,22)/b9-2+. The summed E-state index contributed by atoms with van der Waals surface area (Å²) in [5.74, 6) is -0.0426. The number of amides is 1. The molecule has 0 aliphatic heterocycles. The van der Waals surface area contributed by atoms with E-state index in [9.17, 15) is 9.18 Å². The molecule has 1 amide bonds. The number of methoxy groups -OCH3 is 1. The third-order valence-electron chi connectivity index (χ3n) is 3.05. The predicted molar refractivity (Wildman–Crippen MR) is 95.6 cm³/mol. The first-order valence-electron chi connectivity index (χ1n) is 7.24. The Hall–Kier alpha value is -2.18. The zero-order chi connectivity index (χ0) is 17.4. The van der Waals surface area contributed by atoms with Gasteiger partial charge in [0.2, 0.25) is 5.91 Å². The minimum absolute atomic E-state index is 0.335. The molecule has 0 aliphatic carbocycles. The van der Waals surface area contributed by atoms with Crippen molar-refractivity contribution in [3.05, 3.63) is 64.4 Å². The summed E-state index contributed by atoms with van der Waals surface area (Å²) in [4.78, 5) is 11.9. The molecule has 24 heavy (non-hydrogen) atoms. The van der Waals surface area contributed by atoms with E-state index < -0.39 is 0 Å². The van der Waals surface area contributed by atoms with Crippen molar-refractivity contribution in [1.29, 1.82) is 0 Å². The molecule has 1 N–H and O–H groups in total. The SMILES string of the molecule is COCCOc1ccc(NC(=O)/C=C/c2cc(Br)ccc2F)cc1. The normalized spacial score (nSPS) is 10.8. The van der Waals surface area contributed by atoms with Gasteiger partial charge in [0.15, 0.2) is 0 Å². The first-order chi connectivity index (χ1) is 11.6. The van der Waals surface area contributed by atoms with Gasteiger partial charge in [-0.25, -0.2) is 4.39 Å². The lowest BCUT2D eigenvalue weighted by molar-refractivity contribution is -0.111. The molecule has 0 atom stereocenters. The van der Waals surface area contributed by atoms with Gasteiger partial charge < -0.3 is 14.8 Å². The number of benzene rings is 2. The summed E-state index contributed by atoms with van der Waals surface area (Å²) in [6.07, 6.45) is 2.71. The van der Waals surface area contributed by atoms with Crippen LogP contribution in [-0.2, 0) is 9.53 Å². The van der Waals surface area contributed by atoms with E-state index in [0.29, 0.717) is 30.2 Å². The molecule has 0 spiro atoms. The van der Waals surface area contributed by atoms with E-state index in [1.807, 2.05) is 0 Å². The van der Waals surface area contributed by atoms with Crippen LogP contribution in [0.2, 0.25) is 0 Å². The molecular formula is C18H17BrFNO3. The van der Waals surface area contributed by atoms with Gasteiger partial charge in [0, 0.05) is 28.9 Å². The largest absolute Gasteiger partial charge is 0.491 e. The molecule has 0 bridgehead atoms. The second kappa shape index (κ2) is 9.20. The van der Waals surface area contributed by atoms with Crippen LogP contribution < -0.4 is 10.1 Å². The monoisotopic (exact) mass is 393 g/mol. The van der Waals surface area contributed by atoms with Crippen LogP contribution in [0.5, 0.6) is 5.75 Å². The van der Waals surface area contributed by atoms with Crippen molar-refractivity contribution in [3.8, 4) is 5.75 Å². The highest BCUT2D eigenvalue weighted by molar-refractivity contribution is 9.10. The van der Waals surface area contributed by atoms with E-state index in [4.69, 9.17) is 9.47 Å². The minimum Gasteiger partial charge on any atom is -0.491 e. The lowest BCUT2D eigenvalue weighted by Gasteiger charge is -2.07. The number of halogens is 2. The Morgan fingerprint density at radius 3 is 2.67 bits per heavy atom. The highest BCUT2D eigenvalue weighted by Crippen LogP contribution is 2.18. The third kappa shape index (κ3) is 5.79. The fourth-order valence-corrected chi connectivity index (χ4v) is 2.25. The molecule has 126 valence electrons. The summed E-state index contributed by atoms with van der Waals surface area (Å²) in [6, 6.07) is 11.5. The lowest BCUT2D eigenvalue weighted by Crippen LogP contribution is -2.08. The van der Waals surface area contributed by atoms with Gasteiger partial charge in [-0.15, -0.1) is 0 Å². The van der Waals surface area contributed by atoms with Gasteiger partial charge >= 0.3 is 0 Å². The maximum atomic E-state index is 13.6. The predicted octanol–water partition coefficient (Wildman–Crippen LogP) is 4.27. The van der Waals surface area contributed by atoms with Crippen LogP contribution in [0.1, 0.15) is 5.56 Å². The van der Waals surface area contributed by atoms with Crippen LogP contribution in [0, 0.1) is 5.82 Å². The zero-order valence-electron chi connectivity index (χ0n) is 13.1. The van der Waals surface area contributed by atoms with Crippen molar-refractivity contribution in [2.24, 2.45) is 0 Å². The van der Waals surface area contributed by atoms with Crippen LogP contribution in [0.3, 0.4) is 0 Å². The Labute approximate surface area is 148 Å². The Balaban J connectivity index is 1.92. The molecule has 0 saturated carbocycles. The first kappa shape index (κ1) is 18.2. The summed E-state index contributed by atoms with van der Waals surface area (Å²) in [5, 5.41) is 2.70. The molecule has 0 unspecified atom stereocenters. The molecule has 4 nitrogen and oxygen atoms in total. The number of rotatable bonds is 7. The van der Waals surface area contributed by atoms with Gasteiger partial charge in [-0.3, -0.25) is 4.79 Å². The second-order valence-electron chi connectivity index (χ2n) is 4.85. The molecular weight excluding hydrogens is 377 g/mol. The van der Waals surface area contributed by atoms with Crippen molar-refractivity contribution < 1.29 is 18.7 Å². The molecule has 2 rings (SSSR count). The molecule has 0 fully saturated rings. The van der Waals surface area contributed by atoms with Crippen LogP contribution in [-0.4, -0.2) is 26.2 Å². The summed E-state index contributed by atoms with van der Waals surface area (Å²) < 4.78 is 24.7. The van der Waals surface area contributed by atoms with E-state index in [1.54, 1.807) is 43.5 Å². The number of anilines is 1. The Morgan fingerprint density at radius 2 is 1.96 bits per heavy atom. The van der Waals surface area contributed by atoms with Gasteiger partial charge in [0.1, 0.15) is 18.2 Å². The number of nitrogens with one attached hydrogen (secondary N) is 1. The molecule has 2 aromatic rings. The van der Waals surface area contributed by atoms with Crippen LogP contribution in [0.4, 0.5) is 10.1 Å². The molecule has 0 aliphatic rings. The van der Waals surface area contributed by atoms with Crippen LogP contribution in [0.15, 0.2) is 53.0 Å². The van der Waals surface area contributed by atoms with E-state index in [1.165, 1.54) is 18.2 Å². The molecule has 0 saturated heterocycles. The van der Waals surface area contributed by atoms with Gasteiger partial charge in [-0.2, -0.15) is 0 Å². The fraction of sp³-hybridized carbons (Fsp3) is 0.167. The number of hydrogen-bond acceptors (Lipinski definition) is 3. The van der Waals surface area contributed by atoms with Crippen molar-refractivity contribution in [1.82, 2.24) is 0 Å². The average Bonchev–Trinajstić information content (AvgIpc) is 2.57. The quantitative estimate of drug-likeness (QED) is 0.564. The molecule has 6 heteroatoms. The number of carbonyl (C=O) groups excluding carboxylic acids is 1. The molecule has 0 aromatic heterocycles. The van der Waals surface area contributed by atoms with Crippen molar-refractivity contribution in [2.75, 3.05) is 25.6 Å². The summed E-state index contributed by atoms with van der Waals surface area (Å²) in [6.45, 7) is 0.971.